The molecule has 1 saturated heterocycles. The predicted molar refractivity (Wildman–Crippen MR) is 93.2 cm³/mol. The van der Waals surface area contributed by atoms with E-state index >= 15 is 0 Å². The Kier molecular flexibility index (Phi) is 3.78. The highest BCUT2D eigenvalue weighted by atomic mass is 16.1. The summed E-state index contributed by atoms with van der Waals surface area (Å²) in [6, 6.07) is 9.87. The van der Waals surface area contributed by atoms with Gasteiger partial charge >= 0.3 is 0 Å². The first-order valence-electron chi connectivity index (χ1n) is 8.16. The van der Waals surface area contributed by atoms with Crippen molar-refractivity contribution in [3.05, 3.63) is 52.1 Å². The molecule has 24 heavy (non-hydrogen) atoms. The maximum absolute atomic E-state index is 12.3. The molecule has 0 saturated carbocycles. The second kappa shape index (κ2) is 6.09. The van der Waals surface area contributed by atoms with Crippen molar-refractivity contribution >= 4 is 16.9 Å². The normalized spacial score (nSPS) is 16.0. The topological polar surface area (TPSA) is 80.9 Å². The summed E-state index contributed by atoms with van der Waals surface area (Å²) < 4.78 is 0. The van der Waals surface area contributed by atoms with Gasteiger partial charge in [-0.25, -0.2) is 0 Å². The first-order valence-corrected chi connectivity index (χ1v) is 8.16. The van der Waals surface area contributed by atoms with Gasteiger partial charge in [-0.2, -0.15) is 4.98 Å². The van der Waals surface area contributed by atoms with Crippen molar-refractivity contribution < 1.29 is 0 Å². The van der Waals surface area contributed by atoms with E-state index in [4.69, 9.17) is 0 Å². The fraction of sp³-hybridized carbons (Fsp3) is 0.353. The third kappa shape index (κ3) is 2.90. The van der Waals surface area contributed by atoms with E-state index in [0.717, 1.165) is 54.4 Å². The van der Waals surface area contributed by atoms with Gasteiger partial charge in [-0.1, -0.05) is 18.2 Å². The van der Waals surface area contributed by atoms with Gasteiger partial charge in [0.05, 0.1) is 0 Å². The van der Waals surface area contributed by atoms with Crippen LogP contribution in [0.15, 0.2) is 35.1 Å². The Balaban J connectivity index is 1.45. The number of aryl methyl sites for hydroxylation is 1. The number of fused-ring (bicyclic) bond motifs is 1. The van der Waals surface area contributed by atoms with E-state index in [1.165, 1.54) is 0 Å². The number of nitrogens with one attached hydrogen (secondary N) is 2. The van der Waals surface area contributed by atoms with Gasteiger partial charge < -0.3 is 9.88 Å². The molecular weight excluding hydrogens is 304 g/mol. The number of aromatic nitrogens is 4. The molecule has 1 aliphatic rings. The van der Waals surface area contributed by atoms with Gasteiger partial charge in [0.15, 0.2) is 0 Å². The first-order chi connectivity index (χ1) is 11.7. The van der Waals surface area contributed by atoms with Crippen LogP contribution in [0.2, 0.25) is 0 Å². The van der Waals surface area contributed by atoms with Crippen LogP contribution in [0.4, 0.5) is 5.95 Å². The minimum absolute atomic E-state index is 0.000669. The monoisotopic (exact) mass is 324 g/mol. The minimum atomic E-state index is 0.000669. The highest BCUT2D eigenvalue weighted by molar-refractivity contribution is 5.78. The number of pyridine rings is 1. The lowest BCUT2D eigenvalue weighted by atomic mass is 10.1. The first kappa shape index (κ1) is 14.9. The van der Waals surface area contributed by atoms with Gasteiger partial charge in [0.25, 0.3) is 5.56 Å². The average molecular weight is 324 g/mol. The number of aromatic amines is 2. The SMILES string of the molecule is Cc1nc(N2CCN(Cc3cc4ccccc4[nH]c3=O)CC2)n[nH]1. The van der Waals surface area contributed by atoms with E-state index in [1.807, 2.05) is 37.3 Å². The van der Waals surface area contributed by atoms with E-state index < -0.39 is 0 Å². The number of rotatable bonds is 3. The zero-order chi connectivity index (χ0) is 16.5. The molecule has 0 unspecified atom stereocenters. The van der Waals surface area contributed by atoms with Crippen LogP contribution >= 0.6 is 0 Å². The standard InChI is InChI=1S/C17H20N6O/c1-12-18-17(21-20-12)23-8-6-22(7-9-23)11-14-10-13-4-2-3-5-15(13)19-16(14)24/h2-5,10H,6-9,11H2,1H3,(H,19,24)(H,18,20,21). The van der Waals surface area contributed by atoms with Crippen LogP contribution < -0.4 is 10.5 Å². The lowest BCUT2D eigenvalue weighted by molar-refractivity contribution is 0.248. The smallest absolute Gasteiger partial charge is 0.252 e. The lowest BCUT2D eigenvalue weighted by Crippen LogP contribution is -2.46. The average Bonchev–Trinajstić information content (AvgIpc) is 3.03. The van der Waals surface area contributed by atoms with E-state index in [1.54, 1.807) is 0 Å². The molecule has 7 heteroatoms. The van der Waals surface area contributed by atoms with Crippen molar-refractivity contribution in [3.63, 3.8) is 0 Å². The Labute approximate surface area is 139 Å². The van der Waals surface area contributed by atoms with E-state index in [2.05, 4.69) is 30.0 Å². The number of hydrogen-bond acceptors (Lipinski definition) is 5. The second-order valence-corrected chi connectivity index (χ2v) is 6.19. The highest BCUT2D eigenvalue weighted by Gasteiger charge is 2.20. The number of nitrogens with zero attached hydrogens (tertiary/aromatic N) is 4. The Hall–Kier alpha value is -2.67. The van der Waals surface area contributed by atoms with E-state index in [-0.39, 0.29) is 5.56 Å². The van der Waals surface area contributed by atoms with Crippen LogP contribution in [-0.4, -0.2) is 51.2 Å². The van der Waals surface area contributed by atoms with Crippen LogP contribution in [-0.2, 0) is 6.54 Å². The fourth-order valence-corrected chi connectivity index (χ4v) is 3.13. The second-order valence-electron chi connectivity index (χ2n) is 6.19. The molecule has 0 aliphatic carbocycles. The molecule has 3 heterocycles. The largest absolute Gasteiger partial charge is 0.337 e. The minimum Gasteiger partial charge on any atom is -0.337 e. The lowest BCUT2D eigenvalue weighted by Gasteiger charge is -2.33. The maximum atomic E-state index is 12.3. The molecule has 2 N–H and O–H groups in total. The summed E-state index contributed by atoms with van der Waals surface area (Å²) >= 11 is 0. The van der Waals surface area contributed by atoms with Crippen molar-refractivity contribution in [1.29, 1.82) is 0 Å². The Morgan fingerprint density at radius 3 is 2.71 bits per heavy atom. The third-order valence-corrected chi connectivity index (χ3v) is 4.46. The summed E-state index contributed by atoms with van der Waals surface area (Å²) in [5.74, 6) is 1.59. The molecule has 1 aliphatic heterocycles. The Morgan fingerprint density at radius 2 is 1.96 bits per heavy atom. The number of piperazine rings is 1. The molecule has 1 fully saturated rings. The molecule has 1 aromatic carbocycles. The molecule has 124 valence electrons. The van der Waals surface area contributed by atoms with Crippen molar-refractivity contribution in [2.75, 3.05) is 31.1 Å². The summed E-state index contributed by atoms with van der Waals surface area (Å²) in [6.07, 6.45) is 0. The molecule has 2 aromatic heterocycles. The van der Waals surface area contributed by atoms with Gasteiger partial charge in [0, 0.05) is 43.8 Å². The van der Waals surface area contributed by atoms with Crippen molar-refractivity contribution in [3.8, 4) is 0 Å². The number of para-hydroxylation sites is 1. The maximum Gasteiger partial charge on any atom is 0.252 e. The van der Waals surface area contributed by atoms with Crippen molar-refractivity contribution in [2.45, 2.75) is 13.5 Å². The molecule has 0 atom stereocenters. The Bertz CT molecular complexity index is 907. The van der Waals surface area contributed by atoms with Gasteiger partial charge in [-0.05, 0) is 24.4 Å². The highest BCUT2D eigenvalue weighted by Crippen LogP contribution is 2.14. The molecule has 0 spiro atoms. The summed E-state index contributed by atoms with van der Waals surface area (Å²) in [5.41, 5.74) is 1.70. The zero-order valence-corrected chi connectivity index (χ0v) is 13.6. The van der Waals surface area contributed by atoms with Crippen LogP contribution in [0.25, 0.3) is 10.9 Å². The molecular formula is C17H20N6O. The Morgan fingerprint density at radius 1 is 1.17 bits per heavy atom. The predicted octanol–water partition coefficient (Wildman–Crippen LogP) is 1.28. The summed E-state index contributed by atoms with van der Waals surface area (Å²) in [6.45, 7) is 6.07. The number of benzene rings is 1. The van der Waals surface area contributed by atoms with Crippen LogP contribution in [0.3, 0.4) is 0 Å². The quantitative estimate of drug-likeness (QED) is 0.758. The molecule has 0 radical (unpaired) electrons. The van der Waals surface area contributed by atoms with E-state index in [0.29, 0.717) is 6.54 Å². The third-order valence-electron chi connectivity index (χ3n) is 4.46. The molecule has 0 amide bonds. The number of hydrogen-bond donors (Lipinski definition) is 2. The fourth-order valence-electron chi connectivity index (χ4n) is 3.13. The zero-order valence-electron chi connectivity index (χ0n) is 13.6. The van der Waals surface area contributed by atoms with Crippen LogP contribution in [0.5, 0.6) is 0 Å². The van der Waals surface area contributed by atoms with Crippen LogP contribution in [0, 0.1) is 6.92 Å². The van der Waals surface area contributed by atoms with Gasteiger partial charge in [0.2, 0.25) is 5.95 Å². The van der Waals surface area contributed by atoms with Crippen molar-refractivity contribution in [1.82, 2.24) is 25.1 Å². The van der Waals surface area contributed by atoms with Crippen molar-refractivity contribution in [2.24, 2.45) is 0 Å². The summed E-state index contributed by atoms with van der Waals surface area (Å²) in [5, 5.41) is 8.16. The summed E-state index contributed by atoms with van der Waals surface area (Å²) in [7, 11) is 0. The molecule has 7 nitrogen and oxygen atoms in total. The number of anilines is 1. The van der Waals surface area contributed by atoms with Gasteiger partial charge in [-0.15, -0.1) is 5.10 Å². The van der Waals surface area contributed by atoms with Gasteiger partial charge in [0.1, 0.15) is 5.82 Å². The van der Waals surface area contributed by atoms with Gasteiger partial charge in [-0.3, -0.25) is 14.8 Å². The molecule has 0 bridgehead atoms. The van der Waals surface area contributed by atoms with Crippen LogP contribution in [0.1, 0.15) is 11.4 Å². The molecule has 3 aromatic rings. The summed E-state index contributed by atoms with van der Waals surface area (Å²) in [4.78, 5) is 24.1. The van der Waals surface area contributed by atoms with E-state index in [9.17, 15) is 4.79 Å². The molecule has 4 rings (SSSR count). The number of H-pyrrole nitrogens is 2.